The second-order valence-electron chi connectivity index (χ2n) is 10.0. The number of rotatable bonds is 9. The maximum Gasteiger partial charge on any atom is 0.227 e. The summed E-state index contributed by atoms with van der Waals surface area (Å²) in [6, 6.07) is 9.97. The van der Waals surface area contributed by atoms with Gasteiger partial charge in [0.15, 0.2) is 10.9 Å². The molecule has 206 valence electrons. The summed E-state index contributed by atoms with van der Waals surface area (Å²) in [5.41, 5.74) is 1.72. The van der Waals surface area contributed by atoms with Crippen LogP contribution in [-0.4, -0.2) is 72.1 Å². The summed E-state index contributed by atoms with van der Waals surface area (Å²) in [5, 5.41) is 3.12. The van der Waals surface area contributed by atoms with Crippen LogP contribution in [0.25, 0.3) is 0 Å². The molecule has 2 fully saturated rings. The number of hydrogen-bond acceptors (Lipinski definition) is 10. The van der Waals surface area contributed by atoms with E-state index in [0.717, 1.165) is 55.7 Å². The van der Waals surface area contributed by atoms with Gasteiger partial charge in [-0.05, 0) is 36.6 Å². The number of nitrogens with one attached hydrogen (secondary N) is 1. The Labute approximate surface area is 232 Å². The first-order chi connectivity index (χ1) is 18.9. The number of ether oxygens (including phenoxy) is 2. The smallest absolute Gasteiger partial charge is 0.227 e. The molecule has 1 amide bonds. The molecule has 0 spiro atoms. The minimum absolute atomic E-state index is 0.0296. The number of hydrogen-bond donors (Lipinski definition) is 1. The molecule has 2 aliphatic heterocycles. The van der Waals surface area contributed by atoms with Gasteiger partial charge in [0.25, 0.3) is 0 Å². The molecule has 0 aliphatic carbocycles. The topological polar surface area (TPSA) is 110 Å². The van der Waals surface area contributed by atoms with Crippen LogP contribution in [0.2, 0.25) is 0 Å². The Kier molecular flexibility index (Phi) is 8.37. The Hall–Kier alpha value is -3.57. The van der Waals surface area contributed by atoms with Gasteiger partial charge >= 0.3 is 0 Å². The van der Waals surface area contributed by atoms with Gasteiger partial charge in [0.2, 0.25) is 11.9 Å². The van der Waals surface area contributed by atoms with Gasteiger partial charge in [-0.3, -0.25) is 9.59 Å². The molecule has 39 heavy (non-hydrogen) atoms. The molecule has 11 heteroatoms. The fourth-order valence-electron chi connectivity index (χ4n) is 4.88. The summed E-state index contributed by atoms with van der Waals surface area (Å²) in [6.07, 6.45) is 3.18. The number of benzene rings is 1. The van der Waals surface area contributed by atoms with E-state index >= 15 is 0 Å². The Bertz CT molecular complexity index is 1310. The van der Waals surface area contributed by atoms with Crippen LogP contribution in [0.3, 0.4) is 0 Å². The highest BCUT2D eigenvalue weighted by Crippen LogP contribution is 2.29. The molecule has 0 saturated carbocycles. The quantitative estimate of drug-likeness (QED) is 0.394. The van der Waals surface area contributed by atoms with Crippen molar-refractivity contribution in [3.63, 3.8) is 0 Å². The number of amides is 1. The van der Waals surface area contributed by atoms with Crippen molar-refractivity contribution >= 4 is 39.9 Å². The lowest BCUT2D eigenvalue weighted by Crippen LogP contribution is -2.37. The third-order valence-electron chi connectivity index (χ3n) is 6.97. The van der Waals surface area contributed by atoms with Crippen LogP contribution in [0.1, 0.15) is 53.5 Å². The van der Waals surface area contributed by atoms with Crippen molar-refractivity contribution in [1.29, 1.82) is 0 Å². The van der Waals surface area contributed by atoms with Crippen LogP contribution < -0.4 is 19.9 Å². The molecule has 1 unspecified atom stereocenters. The number of thiazole rings is 1. The molecule has 10 nitrogen and oxygen atoms in total. The first-order valence-corrected chi connectivity index (χ1v) is 14.1. The van der Waals surface area contributed by atoms with Crippen molar-refractivity contribution in [3.05, 3.63) is 52.7 Å². The van der Waals surface area contributed by atoms with Gasteiger partial charge in [0, 0.05) is 45.6 Å². The zero-order chi connectivity index (χ0) is 27.4. The average molecular weight is 551 g/mol. The van der Waals surface area contributed by atoms with E-state index in [1.54, 1.807) is 6.92 Å². The second kappa shape index (κ2) is 12.1. The normalized spacial score (nSPS) is 18.2. The van der Waals surface area contributed by atoms with E-state index < -0.39 is 0 Å². The Morgan fingerprint density at radius 2 is 1.90 bits per heavy atom. The van der Waals surface area contributed by atoms with E-state index in [-0.39, 0.29) is 23.7 Å². The summed E-state index contributed by atoms with van der Waals surface area (Å²) in [6.45, 7) is 9.93. The number of Topliss-reactive ketones (excluding diaryl/α,β-unsaturated/α-hetero) is 1. The van der Waals surface area contributed by atoms with Crippen LogP contribution >= 0.6 is 11.3 Å². The zero-order valence-corrected chi connectivity index (χ0v) is 23.4. The summed E-state index contributed by atoms with van der Waals surface area (Å²) in [5.74, 6) is 2.36. The van der Waals surface area contributed by atoms with Crippen LogP contribution in [0.4, 0.5) is 16.9 Å². The molecule has 1 N–H and O–H groups in total. The van der Waals surface area contributed by atoms with E-state index in [1.165, 1.54) is 18.3 Å². The van der Waals surface area contributed by atoms with Crippen molar-refractivity contribution in [3.8, 4) is 5.75 Å². The van der Waals surface area contributed by atoms with Crippen molar-refractivity contribution in [2.45, 2.75) is 45.6 Å². The third-order valence-corrected chi connectivity index (χ3v) is 8.08. The van der Waals surface area contributed by atoms with E-state index in [0.29, 0.717) is 35.3 Å². The maximum atomic E-state index is 12.9. The highest BCUT2D eigenvalue weighted by Gasteiger charge is 2.26. The van der Waals surface area contributed by atoms with Crippen LogP contribution in [0.5, 0.6) is 5.75 Å². The molecule has 4 heterocycles. The summed E-state index contributed by atoms with van der Waals surface area (Å²) < 4.78 is 11.7. The number of carbonyl (C=O) groups excluding carboxylic acids is 2. The molecule has 1 aromatic carbocycles. The van der Waals surface area contributed by atoms with Gasteiger partial charge < -0.3 is 24.6 Å². The number of anilines is 3. The van der Waals surface area contributed by atoms with Gasteiger partial charge in [-0.1, -0.05) is 30.4 Å². The van der Waals surface area contributed by atoms with Crippen LogP contribution in [-0.2, 0) is 9.53 Å². The lowest BCUT2D eigenvalue weighted by Gasteiger charge is -2.27. The first kappa shape index (κ1) is 27.0. The van der Waals surface area contributed by atoms with E-state index in [2.05, 4.69) is 25.1 Å². The monoisotopic (exact) mass is 550 g/mol. The molecule has 0 bridgehead atoms. The molecule has 2 saturated heterocycles. The van der Waals surface area contributed by atoms with Crippen molar-refractivity contribution in [1.82, 2.24) is 15.0 Å². The Balaban J connectivity index is 1.14. The number of carbonyl (C=O) groups is 2. The highest BCUT2D eigenvalue weighted by atomic mass is 32.1. The number of aromatic nitrogens is 3. The summed E-state index contributed by atoms with van der Waals surface area (Å²) in [4.78, 5) is 42.8. The summed E-state index contributed by atoms with van der Waals surface area (Å²) >= 11 is 1.23. The molecular weight excluding hydrogens is 516 g/mol. The van der Waals surface area contributed by atoms with Crippen LogP contribution in [0.15, 0.2) is 36.5 Å². The number of aryl methyl sites for hydroxylation is 1. The third kappa shape index (κ3) is 6.72. The van der Waals surface area contributed by atoms with Crippen molar-refractivity contribution in [2.24, 2.45) is 0 Å². The molecular formula is C28H34N6O4S. The van der Waals surface area contributed by atoms with E-state index in [1.807, 2.05) is 43.5 Å². The van der Waals surface area contributed by atoms with Crippen molar-refractivity contribution in [2.75, 3.05) is 54.5 Å². The highest BCUT2D eigenvalue weighted by molar-refractivity contribution is 7.17. The first-order valence-electron chi connectivity index (χ1n) is 13.3. The SMILES string of the molecule is CC(=O)Nc1nc(C)c(C(=O)C[C@@H](C)c2ccc(OC3CCN(c4ccnc(N5CCOCC5)n4)C3)cc2)s1. The van der Waals surface area contributed by atoms with E-state index in [9.17, 15) is 9.59 Å². The van der Waals surface area contributed by atoms with E-state index in [4.69, 9.17) is 14.5 Å². The zero-order valence-electron chi connectivity index (χ0n) is 22.6. The number of nitrogens with zero attached hydrogens (tertiary/aromatic N) is 5. The summed E-state index contributed by atoms with van der Waals surface area (Å²) in [7, 11) is 0. The molecule has 3 aromatic rings. The largest absolute Gasteiger partial charge is 0.489 e. The lowest BCUT2D eigenvalue weighted by molar-refractivity contribution is -0.114. The van der Waals surface area contributed by atoms with Crippen molar-refractivity contribution < 1.29 is 19.1 Å². The average Bonchev–Trinajstić information content (AvgIpc) is 3.55. The minimum atomic E-state index is -0.198. The minimum Gasteiger partial charge on any atom is -0.489 e. The lowest BCUT2D eigenvalue weighted by atomic mass is 9.95. The maximum absolute atomic E-state index is 12.9. The molecule has 2 aliphatic rings. The Morgan fingerprint density at radius 3 is 2.64 bits per heavy atom. The molecule has 2 atom stereocenters. The Morgan fingerprint density at radius 1 is 1.13 bits per heavy atom. The van der Waals surface area contributed by atoms with Gasteiger partial charge in [-0.2, -0.15) is 4.98 Å². The number of morpholine rings is 1. The fourth-order valence-corrected chi connectivity index (χ4v) is 5.84. The molecule has 5 rings (SSSR count). The van der Waals surface area contributed by atoms with Crippen LogP contribution in [0, 0.1) is 6.92 Å². The predicted octanol–water partition coefficient (Wildman–Crippen LogP) is 4.07. The standard InChI is InChI=1S/C28H34N6O4S/c1-18(16-24(36)26-19(2)30-28(39-26)31-20(3)35)21-4-6-22(7-5-21)38-23-9-11-34(17-23)25-8-10-29-27(32-25)33-12-14-37-15-13-33/h4-8,10,18,23H,9,11-17H2,1-3H3,(H,30,31,35)/t18-,23?/m1/s1. The van der Waals surface area contributed by atoms with Gasteiger partial charge in [0.1, 0.15) is 17.7 Å². The second-order valence-corrected chi connectivity index (χ2v) is 11.0. The predicted molar refractivity (Wildman–Crippen MR) is 151 cm³/mol. The van der Waals surface area contributed by atoms with Gasteiger partial charge in [0.05, 0.1) is 30.3 Å². The molecule has 0 radical (unpaired) electrons. The van der Waals surface area contributed by atoms with Gasteiger partial charge in [-0.15, -0.1) is 0 Å². The fraction of sp³-hybridized carbons (Fsp3) is 0.464. The molecule has 2 aromatic heterocycles. The van der Waals surface area contributed by atoms with Gasteiger partial charge in [-0.25, -0.2) is 9.97 Å². The number of ketones is 1.